The van der Waals surface area contributed by atoms with Crippen LogP contribution in [0.5, 0.6) is 0 Å². The van der Waals surface area contributed by atoms with Gasteiger partial charge in [-0.25, -0.2) is 4.98 Å². The fourth-order valence-electron chi connectivity index (χ4n) is 6.04. The number of benzene rings is 1. The molecule has 1 aromatic carbocycles. The van der Waals surface area contributed by atoms with E-state index in [0.29, 0.717) is 25.3 Å². The molecule has 0 radical (unpaired) electrons. The fourth-order valence-corrected chi connectivity index (χ4v) is 6.90. The second-order valence-corrected chi connectivity index (χ2v) is 14.6. The molecule has 0 bridgehead atoms. The van der Waals surface area contributed by atoms with Crippen molar-refractivity contribution < 1.29 is 19.1 Å². The summed E-state index contributed by atoms with van der Waals surface area (Å²) in [5, 5.41) is 8.72. The van der Waals surface area contributed by atoms with Gasteiger partial charge in [-0.3, -0.25) is 19.3 Å². The number of likely N-dealkylation sites (N-methyl/N-ethyl adjacent to an activating group) is 2. The Morgan fingerprint density at radius 3 is 2.13 bits per heavy atom. The zero-order valence-corrected chi connectivity index (χ0v) is 31.5. The normalized spacial score (nSPS) is 15.6. The lowest BCUT2D eigenvalue weighted by atomic mass is 9.93. The molecular formula is C37H61N5O4S. The smallest absolute Gasteiger partial charge is 0.270 e. The topological polar surface area (TPSA) is 104 Å². The summed E-state index contributed by atoms with van der Waals surface area (Å²) in [6.45, 7) is 19.4. The van der Waals surface area contributed by atoms with Gasteiger partial charge >= 0.3 is 0 Å². The van der Waals surface area contributed by atoms with Gasteiger partial charge in [0.05, 0.1) is 6.04 Å². The zero-order chi connectivity index (χ0) is 35.3. The van der Waals surface area contributed by atoms with Crippen LogP contribution in [0, 0.1) is 17.8 Å². The van der Waals surface area contributed by atoms with Crippen molar-refractivity contribution >= 4 is 29.1 Å². The second-order valence-electron chi connectivity index (χ2n) is 13.7. The number of hydrogen-bond acceptors (Lipinski definition) is 7. The monoisotopic (exact) mass is 671 g/mol. The third kappa shape index (κ3) is 12.0. The van der Waals surface area contributed by atoms with Crippen LogP contribution in [0.3, 0.4) is 0 Å². The molecule has 0 saturated carbocycles. The zero-order valence-electron chi connectivity index (χ0n) is 30.7. The van der Waals surface area contributed by atoms with Gasteiger partial charge in [-0.1, -0.05) is 85.2 Å². The molecule has 2 aromatic rings. The third-order valence-electron chi connectivity index (χ3n) is 8.80. The second kappa shape index (κ2) is 19.9. The van der Waals surface area contributed by atoms with Crippen LogP contribution in [0.4, 0.5) is 0 Å². The van der Waals surface area contributed by atoms with Crippen molar-refractivity contribution in [2.45, 2.75) is 118 Å². The number of rotatable bonds is 20. The van der Waals surface area contributed by atoms with Crippen molar-refractivity contribution in [2.75, 3.05) is 27.2 Å². The Balaban J connectivity index is 2.28. The minimum Gasteiger partial charge on any atom is -0.371 e. The van der Waals surface area contributed by atoms with E-state index in [0.717, 1.165) is 29.8 Å². The summed E-state index contributed by atoms with van der Waals surface area (Å²) in [6.07, 6.45) is 2.57. The van der Waals surface area contributed by atoms with E-state index >= 15 is 0 Å². The van der Waals surface area contributed by atoms with Crippen molar-refractivity contribution in [3.8, 4) is 0 Å². The highest BCUT2D eigenvalue weighted by Crippen LogP contribution is 2.31. The number of ether oxygens (including phenoxy) is 1. The predicted octanol–water partition coefficient (Wildman–Crippen LogP) is 6.35. The summed E-state index contributed by atoms with van der Waals surface area (Å²) in [5.74, 6) is -0.246. The highest BCUT2D eigenvalue weighted by Gasteiger charge is 2.37. The minimum atomic E-state index is -0.654. The molecule has 0 fully saturated rings. The molecule has 9 nitrogen and oxygen atoms in total. The average molecular weight is 672 g/mol. The Morgan fingerprint density at radius 1 is 0.936 bits per heavy atom. The number of nitrogens with zero attached hydrogens (tertiary/aromatic N) is 3. The Labute approximate surface area is 288 Å². The molecule has 0 aliphatic heterocycles. The standard InChI is InChI=1S/C37H61N5O4S/c1-12-20-46-31(36-39-29(23-47-36)34(43)38-27(9)21-28-18-16-15-17-19-28)22-30(24(4)5)42(14-3)37(45)32(25(6)7)40-35(44)33(41(10)11)26(8)13-2/h15-19,23-27,30-33H,12-14,20-22H2,1-11H3,(H,38,43)(H,40,44)/t26-,27+,30+,31+,32-,33-/m0/s1. The number of hydrogen-bond donors (Lipinski definition) is 2. The van der Waals surface area contributed by atoms with E-state index in [4.69, 9.17) is 9.72 Å². The van der Waals surface area contributed by atoms with Crippen molar-refractivity contribution in [1.82, 2.24) is 25.4 Å². The Hall–Kier alpha value is -2.82. The molecule has 0 spiro atoms. The van der Waals surface area contributed by atoms with Crippen LogP contribution >= 0.6 is 11.3 Å². The van der Waals surface area contributed by atoms with Crippen LogP contribution in [0.15, 0.2) is 35.7 Å². The van der Waals surface area contributed by atoms with Crippen LogP contribution in [-0.2, 0) is 20.7 Å². The summed E-state index contributed by atoms with van der Waals surface area (Å²) < 4.78 is 6.36. The van der Waals surface area contributed by atoms with Gasteiger partial charge in [-0.15, -0.1) is 11.3 Å². The van der Waals surface area contributed by atoms with Crippen molar-refractivity contribution in [3.05, 3.63) is 52.0 Å². The maximum atomic E-state index is 14.3. The fraction of sp³-hybridized carbons (Fsp3) is 0.676. The summed E-state index contributed by atoms with van der Waals surface area (Å²) in [5.41, 5.74) is 1.54. The number of carbonyl (C=O) groups excluding carboxylic acids is 3. The largest absolute Gasteiger partial charge is 0.371 e. The molecule has 47 heavy (non-hydrogen) atoms. The van der Waals surface area contributed by atoms with E-state index in [2.05, 4.69) is 57.4 Å². The molecule has 0 unspecified atom stereocenters. The van der Waals surface area contributed by atoms with Gasteiger partial charge in [0.2, 0.25) is 11.8 Å². The molecular weight excluding hydrogens is 611 g/mol. The highest BCUT2D eigenvalue weighted by atomic mass is 32.1. The van der Waals surface area contributed by atoms with Crippen LogP contribution in [0.25, 0.3) is 0 Å². The summed E-state index contributed by atoms with van der Waals surface area (Å²) in [4.78, 5) is 49.5. The number of amides is 3. The molecule has 3 amide bonds. The van der Waals surface area contributed by atoms with E-state index in [-0.39, 0.29) is 59.7 Å². The first kappa shape index (κ1) is 40.4. The molecule has 0 saturated heterocycles. The van der Waals surface area contributed by atoms with Crippen molar-refractivity contribution in [1.29, 1.82) is 0 Å². The SMILES string of the molecule is CCCO[C@H](C[C@H](C(C)C)N(CC)C(=O)[C@@H](NC(=O)[C@H]([C@@H](C)CC)N(C)C)C(C)C)c1nc(C(=O)N[C@H](C)Cc2ccccc2)cs1. The molecule has 6 atom stereocenters. The van der Waals surface area contributed by atoms with Crippen LogP contribution in [-0.4, -0.2) is 83.9 Å². The van der Waals surface area contributed by atoms with Crippen LogP contribution in [0.2, 0.25) is 0 Å². The van der Waals surface area contributed by atoms with Gasteiger partial charge in [0.15, 0.2) is 0 Å². The van der Waals surface area contributed by atoms with Gasteiger partial charge in [0.25, 0.3) is 5.91 Å². The molecule has 1 heterocycles. The maximum absolute atomic E-state index is 14.3. The quantitative estimate of drug-likeness (QED) is 0.170. The predicted molar refractivity (Wildman–Crippen MR) is 193 cm³/mol. The van der Waals surface area contributed by atoms with E-state index < -0.39 is 6.04 Å². The van der Waals surface area contributed by atoms with Crippen LogP contribution < -0.4 is 10.6 Å². The van der Waals surface area contributed by atoms with E-state index in [1.165, 1.54) is 11.3 Å². The van der Waals surface area contributed by atoms with E-state index in [9.17, 15) is 14.4 Å². The lowest BCUT2D eigenvalue weighted by molar-refractivity contribution is -0.142. The number of nitrogens with one attached hydrogen (secondary N) is 2. The molecule has 0 aliphatic carbocycles. The highest BCUT2D eigenvalue weighted by molar-refractivity contribution is 7.09. The third-order valence-corrected chi connectivity index (χ3v) is 9.74. The molecule has 2 N–H and O–H groups in total. The molecule has 264 valence electrons. The lowest BCUT2D eigenvalue weighted by Crippen LogP contribution is -2.58. The van der Waals surface area contributed by atoms with Gasteiger partial charge < -0.3 is 20.3 Å². The van der Waals surface area contributed by atoms with Crippen molar-refractivity contribution in [3.63, 3.8) is 0 Å². The summed E-state index contributed by atoms with van der Waals surface area (Å²) >= 11 is 1.42. The van der Waals surface area contributed by atoms with Crippen molar-refractivity contribution in [2.24, 2.45) is 17.8 Å². The maximum Gasteiger partial charge on any atom is 0.270 e. The summed E-state index contributed by atoms with van der Waals surface area (Å²) in [7, 11) is 3.82. The Bertz CT molecular complexity index is 1230. The number of thiazole rings is 1. The van der Waals surface area contributed by atoms with Gasteiger partial charge in [0, 0.05) is 37.0 Å². The Morgan fingerprint density at radius 2 is 1.60 bits per heavy atom. The van der Waals surface area contributed by atoms with Gasteiger partial charge in [-0.05, 0) is 64.1 Å². The number of aromatic nitrogens is 1. The summed E-state index contributed by atoms with van der Waals surface area (Å²) in [6, 6.07) is 8.89. The first-order valence-corrected chi connectivity index (χ1v) is 18.3. The van der Waals surface area contributed by atoms with Crippen LogP contribution in [0.1, 0.15) is 109 Å². The van der Waals surface area contributed by atoms with E-state index in [1.54, 1.807) is 5.38 Å². The average Bonchev–Trinajstić information content (AvgIpc) is 3.51. The molecule has 1 aromatic heterocycles. The van der Waals surface area contributed by atoms with Gasteiger partial charge in [-0.2, -0.15) is 0 Å². The van der Waals surface area contributed by atoms with Gasteiger partial charge in [0.1, 0.15) is 22.8 Å². The lowest BCUT2D eigenvalue weighted by Gasteiger charge is -2.39. The first-order valence-electron chi connectivity index (χ1n) is 17.4. The molecule has 0 aliphatic rings. The minimum absolute atomic E-state index is 0.0517. The number of carbonyl (C=O) groups is 3. The van der Waals surface area contributed by atoms with E-state index in [1.807, 2.05) is 69.8 Å². The Kier molecular flexibility index (Phi) is 17.1. The molecule has 10 heteroatoms. The molecule has 2 rings (SSSR count). The first-order chi connectivity index (χ1) is 22.2.